The van der Waals surface area contributed by atoms with Gasteiger partial charge in [-0.1, -0.05) is 110 Å². The lowest BCUT2D eigenvalue weighted by atomic mass is 10.0. The number of amides is 2. The summed E-state index contributed by atoms with van der Waals surface area (Å²) in [6.45, 7) is 2.68. The molecule has 4 aromatic rings. The maximum absolute atomic E-state index is 13.9. The quantitative estimate of drug-likeness (QED) is 0.221. The third-order valence-electron chi connectivity index (χ3n) is 6.97. The number of carbonyl (C=O) groups excluding carboxylic acids is 2. The van der Waals surface area contributed by atoms with Crippen molar-refractivity contribution in [3.05, 3.63) is 138 Å². The molecule has 0 aliphatic heterocycles. The van der Waals surface area contributed by atoms with Gasteiger partial charge in [0, 0.05) is 32.5 Å². The SMILES string of the molecule is CCNS(=O)(=O)c1ccc(CCC(=O)N(Cc2ccccc2)C(Cc2ccccc2)C(=O)NCc2ccccc2)cc1. The van der Waals surface area contributed by atoms with Crippen molar-refractivity contribution in [3.8, 4) is 0 Å². The fraction of sp³-hybridized carbons (Fsp3) is 0.235. The summed E-state index contributed by atoms with van der Waals surface area (Å²) in [5, 5.41) is 3.05. The molecule has 0 aliphatic rings. The Bertz CT molecular complexity index is 1530. The molecule has 1 atom stereocenters. The van der Waals surface area contributed by atoms with Crippen LogP contribution >= 0.6 is 0 Å². The van der Waals surface area contributed by atoms with Crippen LogP contribution in [-0.4, -0.2) is 37.7 Å². The Kier molecular flexibility index (Phi) is 11.0. The number of benzene rings is 4. The summed E-state index contributed by atoms with van der Waals surface area (Å²) in [4.78, 5) is 29.5. The van der Waals surface area contributed by atoms with E-state index < -0.39 is 16.1 Å². The third-order valence-corrected chi connectivity index (χ3v) is 8.53. The predicted octanol–water partition coefficient (Wildman–Crippen LogP) is 4.87. The Labute approximate surface area is 248 Å². The Morgan fingerprint density at radius 1 is 0.714 bits per heavy atom. The lowest BCUT2D eigenvalue weighted by Gasteiger charge is -2.31. The van der Waals surface area contributed by atoms with E-state index in [1.54, 1.807) is 36.1 Å². The highest BCUT2D eigenvalue weighted by atomic mass is 32.2. The fourth-order valence-corrected chi connectivity index (χ4v) is 5.78. The van der Waals surface area contributed by atoms with Crippen molar-refractivity contribution >= 4 is 21.8 Å². The van der Waals surface area contributed by atoms with Gasteiger partial charge in [-0.05, 0) is 40.8 Å². The van der Waals surface area contributed by atoms with Crippen LogP contribution in [0.15, 0.2) is 120 Å². The van der Waals surface area contributed by atoms with E-state index in [2.05, 4.69) is 10.0 Å². The summed E-state index contributed by atoms with van der Waals surface area (Å²) in [6, 6.07) is 34.9. The predicted molar refractivity (Wildman–Crippen MR) is 165 cm³/mol. The average molecular weight is 584 g/mol. The van der Waals surface area contributed by atoms with Crippen LogP contribution in [0.3, 0.4) is 0 Å². The van der Waals surface area contributed by atoms with Crippen molar-refractivity contribution in [3.63, 3.8) is 0 Å². The first-order valence-electron chi connectivity index (χ1n) is 14.1. The van der Waals surface area contributed by atoms with E-state index in [1.807, 2.05) is 91.0 Å². The first kappa shape index (κ1) is 30.7. The van der Waals surface area contributed by atoms with E-state index in [0.29, 0.717) is 25.9 Å². The van der Waals surface area contributed by atoms with Gasteiger partial charge in [0.1, 0.15) is 6.04 Å². The summed E-state index contributed by atoms with van der Waals surface area (Å²) in [5.41, 5.74) is 3.70. The normalized spacial score (nSPS) is 11.9. The minimum absolute atomic E-state index is 0.154. The Morgan fingerprint density at radius 3 is 1.83 bits per heavy atom. The van der Waals surface area contributed by atoms with Crippen LogP contribution in [0.2, 0.25) is 0 Å². The Balaban J connectivity index is 1.56. The van der Waals surface area contributed by atoms with Gasteiger partial charge in [-0.3, -0.25) is 9.59 Å². The fourth-order valence-electron chi connectivity index (χ4n) is 4.74. The van der Waals surface area contributed by atoms with Crippen molar-refractivity contribution < 1.29 is 18.0 Å². The molecular formula is C34H37N3O4S. The van der Waals surface area contributed by atoms with Crippen molar-refractivity contribution in [2.75, 3.05) is 6.54 Å². The lowest BCUT2D eigenvalue weighted by Crippen LogP contribution is -2.50. The minimum Gasteiger partial charge on any atom is -0.350 e. The summed E-state index contributed by atoms with van der Waals surface area (Å²) in [5.74, 6) is -0.371. The standard InChI is InChI=1S/C34H37N3O4S/c1-2-36-42(40,41)31-21-18-27(19-22-31)20-23-33(38)37(26-30-16-10-5-11-17-30)32(24-28-12-6-3-7-13-28)34(39)35-25-29-14-8-4-9-15-29/h3-19,21-22,32,36H,2,20,23-26H2,1H3,(H,35,39). The molecule has 2 N–H and O–H groups in total. The molecule has 8 heteroatoms. The first-order chi connectivity index (χ1) is 20.4. The van der Waals surface area contributed by atoms with E-state index in [-0.39, 0.29) is 29.7 Å². The zero-order chi connectivity index (χ0) is 29.8. The van der Waals surface area contributed by atoms with Gasteiger partial charge in [-0.15, -0.1) is 0 Å². The monoisotopic (exact) mass is 583 g/mol. The summed E-state index contributed by atoms with van der Waals surface area (Å²) < 4.78 is 27.1. The van der Waals surface area contributed by atoms with Gasteiger partial charge >= 0.3 is 0 Å². The molecule has 0 bridgehead atoms. The van der Waals surface area contributed by atoms with E-state index in [4.69, 9.17) is 0 Å². The van der Waals surface area contributed by atoms with Gasteiger partial charge in [-0.2, -0.15) is 0 Å². The summed E-state index contributed by atoms with van der Waals surface area (Å²) in [6.07, 6.45) is 0.954. The molecule has 0 fully saturated rings. The van der Waals surface area contributed by atoms with Crippen molar-refractivity contribution in [2.24, 2.45) is 0 Å². The van der Waals surface area contributed by atoms with Crippen LogP contribution in [0.1, 0.15) is 35.6 Å². The number of carbonyl (C=O) groups is 2. The van der Waals surface area contributed by atoms with E-state index in [0.717, 1.165) is 22.3 Å². The van der Waals surface area contributed by atoms with Crippen LogP contribution in [0.5, 0.6) is 0 Å². The Morgan fingerprint density at radius 2 is 1.26 bits per heavy atom. The molecule has 218 valence electrons. The molecule has 0 saturated carbocycles. The zero-order valence-corrected chi connectivity index (χ0v) is 24.6. The molecular weight excluding hydrogens is 546 g/mol. The molecule has 0 heterocycles. The van der Waals surface area contributed by atoms with E-state index in [9.17, 15) is 18.0 Å². The van der Waals surface area contributed by atoms with Crippen molar-refractivity contribution in [1.29, 1.82) is 0 Å². The number of aryl methyl sites for hydroxylation is 1. The van der Waals surface area contributed by atoms with Gasteiger partial charge < -0.3 is 10.2 Å². The molecule has 7 nitrogen and oxygen atoms in total. The maximum atomic E-state index is 13.9. The van der Waals surface area contributed by atoms with Crippen LogP contribution in [-0.2, 0) is 45.5 Å². The third kappa shape index (κ3) is 8.86. The van der Waals surface area contributed by atoms with E-state index >= 15 is 0 Å². The van der Waals surface area contributed by atoms with Crippen molar-refractivity contribution in [1.82, 2.24) is 14.9 Å². The van der Waals surface area contributed by atoms with Gasteiger partial charge in [0.05, 0.1) is 4.90 Å². The van der Waals surface area contributed by atoms with Gasteiger partial charge in [0.15, 0.2) is 0 Å². The van der Waals surface area contributed by atoms with Gasteiger partial charge in [0.25, 0.3) is 0 Å². The second-order valence-corrected chi connectivity index (χ2v) is 11.8. The first-order valence-corrected chi connectivity index (χ1v) is 15.6. The maximum Gasteiger partial charge on any atom is 0.243 e. The molecule has 0 spiro atoms. The average Bonchev–Trinajstić information content (AvgIpc) is 3.02. The number of hydrogen-bond acceptors (Lipinski definition) is 4. The van der Waals surface area contributed by atoms with Crippen LogP contribution in [0.4, 0.5) is 0 Å². The number of nitrogens with zero attached hydrogens (tertiary/aromatic N) is 1. The molecule has 2 amide bonds. The number of sulfonamides is 1. The highest BCUT2D eigenvalue weighted by Gasteiger charge is 2.30. The summed E-state index contributed by atoms with van der Waals surface area (Å²) >= 11 is 0. The number of nitrogens with one attached hydrogen (secondary N) is 2. The second-order valence-electron chi connectivity index (χ2n) is 10.1. The molecule has 0 radical (unpaired) electrons. The van der Waals surface area contributed by atoms with Crippen molar-refractivity contribution in [2.45, 2.75) is 50.2 Å². The molecule has 4 rings (SSSR count). The second kappa shape index (κ2) is 15.1. The number of hydrogen-bond donors (Lipinski definition) is 2. The van der Waals surface area contributed by atoms with Gasteiger partial charge in [-0.25, -0.2) is 13.1 Å². The van der Waals surface area contributed by atoms with Crippen LogP contribution in [0.25, 0.3) is 0 Å². The van der Waals surface area contributed by atoms with Crippen LogP contribution < -0.4 is 10.0 Å². The summed E-state index contributed by atoms with van der Waals surface area (Å²) in [7, 11) is -3.55. The molecule has 1 unspecified atom stereocenters. The van der Waals surface area contributed by atoms with E-state index in [1.165, 1.54) is 0 Å². The highest BCUT2D eigenvalue weighted by molar-refractivity contribution is 7.89. The highest BCUT2D eigenvalue weighted by Crippen LogP contribution is 2.18. The Hall–Kier alpha value is -4.27. The van der Waals surface area contributed by atoms with Gasteiger partial charge in [0.2, 0.25) is 21.8 Å². The lowest BCUT2D eigenvalue weighted by molar-refractivity contribution is -0.141. The molecule has 0 aliphatic carbocycles. The largest absolute Gasteiger partial charge is 0.350 e. The zero-order valence-electron chi connectivity index (χ0n) is 23.8. The van der Waals surface area contributed by atoms with Crippen LogP contribution in [0, 0.1) is 0 Å². The molecule has 0 saturated heterocycles. The molecule has 0 aromatic heterocycles. The molecule has 42 heavy (non-hydrogen) atoms. The minimum atomic E-state index is -3.55. The smallest absolute Gasteiger partial charge is 0.243 e. The molecule has 4 aromatic carbocycles. The topological polar surface area (TPSA) is 95.6 Å². The number of rotatable bonds is 14.